The first-order valence-corrected chi connectivity index (χ1v) is 5.41. The van der Waals surface area contributed by atoms with E-state index in [4.69, 9.17) is 0 Å². The summed E-state index contributed by atoms with van der Waals surface area (Å²) >= 11 is 0. The standard InChI is InChI=1S/C12H25/c1-6-10(3)8-9-12(5)11(4)7-2/h10-12H,1,6-9H2,2-5H3. The predicted octanol–water partition coefficient (Wildman–Crippen LogP) is 4.31. The zero-order valence-corrected chi connectivity index (χ0v) is 9.27. The van der Waals surface area contributed by atoms with Crippen molar-refractivity contribution in [3.05, 3.63) is 6.92 Å². The van der Waals surface area contributed by atoms with E-state index in [-0.39, 0.29) is 0 Å². The van der Waals surface area contributed by atoms with Crippen molar-refractivity contribution in [3.63, 3.8) is 0 Å². The minimum atomic E-state index is 0.816. The quantitative estimate of drug-likeness (QED) is 0.556. The van der Waals surface area contributed by atoms with E-state index in [1.165, 1.54) is 19.3 Å². The van der Waals surface area contributed by atoms with Gasteiger partial charge in [0.2, 0.25) is 0 Å². The molecule has 12 heavy (non-hydrogen) atoms. The summed E-state index contributed by atoms with van der Waals surface area (Å²) < 4.78 is 0. The lowest BCUT2D eigenvalue weighted by atomic mass is 9.87. The molecule has 0 aromatic carbocycles. The molecule has 0 rings (SSSR count). The van der Waals surface area contributed by atoms with Crippen LogP contribution in [0.3, 0.4) is 0 Å². The maximum atomic E-state index is 3.93. The van der Waals surface area contributed by atoms with E-state index < -0.39 is 0 Å². The van der Waals surface area contributed by atoms with Crippen LogP contribution in [0, 0.1) is 24.7 Å². The Morgan fingerprint density at radius 3 is 2.00 bits per heavy atom. The van der Waals surface area contributed by atoms with Gasteiger partial charge in [-0.2, -0.15) is 0 Å². The van der Waals surface area contributed by atoms with Crippen molar-refractivity contribution in [1.82, 2.24) is 0 Å². The van der Waals surface area contributed by atoms with Crippen molar-refractivity contribution in [2.24, 2.45) is 17.8 Å². The highest BCUT2D eigenvalue weighted by Crippen LogP contribution is 2.22. The zero-order valence-electron chi connectivity index (χ0n) is 9.27. The van der Waals surface area contributed by atoms with Gasteiger partial charge in [-0.25, -0.2) is 0 Å². The van der Waals surface area contributed by atoms with Crippen molar-refractivity contribution >= 4 is 0 Å². The molecule has 0 fully saturated rings. The van der Waals surface area contributed by atoms with Gasteiger partial charge in [0.15, 0.2) is 0 Å². The van der Waals surface area contributed by atoms with Crippen LogP contribution in [0.4, 0.5) is 0 Å². The van der Waals surface area contributed by atoms with E-state index >= 15 is 0 Å². The molecule has 0 saturated carbocycles. The second kappa shape index (κ2) is 6.51. The highest BCUT2D eigenvalue weighted by Gasteiger charge is 2.10. The van der Waals surface area contributed by atoms with E-state index in [9.17, 15) is 0 Å². The molecule has 0 nitrogen and oxygen atoms in total. The van der Waals surface area contributed by atoms with Crippen molar-refractivity contribution in [2.75, 3.05) is 0 Å². The lowest BCUT2D eigenvalue weighted by Crippen LogP contribution is -2.08. The van der Waals surface area contributed by atoms with E-state index in [0.717, 1.165) is 24.2 Å². The fourth-order valence-corrected chi connectivity index (χ4v) is 1.38. The molecule has 0 aromatic rings. The van der Waals surface area contributed by atoms with Gasteiger partial charge in [0, 0.05) is 0 Å². The molecule has 0 saturated heterocycles. The van der Waals surface area contributed by atoms with Crippen molar-refractivity contribution < 1.29 is 0 Å². The lowest BCUT2D eigenvalue weighted by Gasteiger charge is -2.19. The minimum absolute atomic E-state index is 0.816. The van der Waals surface area contributed by atoms with Crippen molar-refractivity contribution in [2.45, 2.75) is 53.4 Å². The molecule has 0 aliphatic heterocycles. The number of hydrogen-bond donors (Lipinski definition) is 0. The molecule has 0 aliphatic rings. The summed E-state index contributed by atoms with van der Waals surface area (Å²) in [5.74, 6) is 2.60. The fourth-order valence-electron chi connectivity index (χ4n) is 1.38. The summed E-state index contributed by atoms with van der Waals surface area (Å²) in [6.07, 6.45) is 5.15. The van der Waals surface area contributed by atoms with Gasteiger partial charge in [0.05, 0.1) is 0 Å². The third kappa shape index (κ3) is 4.79. The van der Waals surface area contributed by atoms with E-state index in [2.05, 4.69) is 34.6 Å². The summed E-state index contributed by atoms with van der Waals surface area (Å²) in [6.45, 7) is 13.3. The van der Waals surface area contributed by atoms with E-state index in [0.29, 0.717) is 0 Å². The Labute approximate surface area is 78.8 Å². The first kappa shape index (κ1) is 12.0. The summed E-state index contributed by atoms with van der Waals surface area (Å²) in [5.41, 5.74) is 0. The van der Waals surface area contributed by atoms with Gasteiger partial charge in [-0.15, -0.1) is 0 Å². The molecule has 0 heteroatoms. The molecule has 3 atom stereocenters. The second-order valence-corrected chi connectivity index (χ2v) is 4.33. The first-order chi connectivity index (χ1) is 5.61. The second-order valence-electron chi connectivity index (χ2n) is 4.33. The Balaban J connectivity index is 3.49. The Kier molecular flexibility index (Phi) is 6.51. The van der Waals surface area contributed by atoms with Crippen LogP contribution in [0.2, 0.25) is 0 Å². The third-order valence-corrected chi connectivity index (χ3v) is 3.22. The molecule has 1 radical (unpaired) electrons. The molecule has 0 bridgehead atoms. The zero-order chi connectivity index (χ0) is 9.56. The largest absolute Gasteiger partial charge is 0.0651 e. The van der Waals surface area contributed by atoms with Crippen LogP contribution in [0.5, 0.6) is 0 Å². The van der Waals surface area contributed by atoms with E-state index in [1.54, 1.807) is 0 Å². The SMILES string of the molecule is [CH2]CC(C)CCC(C)C(C)CC. The van der Waals surface area contributed by atoms with Gasteiger partial charge >= 0.3 is 0 Å². The smallest absolute Gasteiger partial charge is 0.0417 e. The molecule has 0 heterocycles. The number of hydrogen-bond acceptors (Lipinski definition) is 0. The Morgan fingerprint density at radius 2 is 1.58 bits per heavy atom. The van der Waals surface area contributed by atoms with Crippen LogP contribution in [0.1, 0.15) is 53.4 Å². The maximum Gasteiger partial charge on any atom is -0.0417 e. The van der Waals surface area contributed by atoms with Gasteiger partial charge in [0.25, 0.3) is 0 Å². The first-order valence-electron chi connectivity index (χ1n) is 5.41. The average Bonchev–Trinajstić information content (AvgIpc) is 2.11. The highest BCUT2D eigenvalue weighted by molar-refractivity contribution is 4.63. The number of rotatable bonds is 6. The highest BCUT2D eigenvalue weighted by atomic mass is 14.2. The molecule has 0 aromatic heterocycles. The van der Waals surface area contributed by atoms with Crippen LogP contribution in [0.25, 0.3) is 0 Å². The predicted molar refractivity (Wildman–Crippen MR) is 57.0 cm³/mol. The van der Waals surface area contributed by atoms with Gasteiger partial charge in [-0.1, -0.05) is 60.3 Å². The van der Waals surface area contributed by atoms with Crippen LogP contribution >= 0.6 is 0 Å². The van der Waals surface area contributed by atoms with Crippen molar-refractivity contribution in [3.8, 4) is 0 Å². The molecular formula is C12H25. The molecule has 0 N–H and O–H groups in total. The average molecular weight is 169 g/mol. The van der Waals surface area contributed by atoms with E-state index in [1.807, 2.05) is 0 Å². The normalized spacial score (nSPS) is 18.8. The van der Waals surface area contributed by atoms with Crippen LogP contribution in [-0.2, 0) is 0 Å². The summed E-state index contributed by atoms with van der Waals surface area (Å²) in [6, 6.07) is 0. The Bertz CT molecular complexity index is 96.2. The Hall–Kier alpha value is 0. The molecular weight excluding hydrogens is 144 g/mol. The summed E-state index contributed by atoms with van der Waals surface area (Å²) in [7, 11) is 0. The van der Waals surface area contributed by atoms with Gasteiger partial charge in [-0.05, 0) is 17.8 Å². The fraction of sp³-hybridized carbons (Fsp3) is 0.917. The Morgan fingerprint density at radius 1 is 1.00 bits per heavy atom. The lowest BCUT2D eigenvalue weighted by molar-refractivity contribution is 0.324. The maximum absolute atomic E-state index is 3.93. The van der Waals surface area contributed by atoms with Crippen LogP contribution < -0.4 is 0 Å². The third-order valence-electron chi connectivity index (χ3n) is 3.22. The van der Waals surface area contributed by atoms with Gasteiger partial charge in [-0.3, -0.25) is 0 Å². The molecule has 0 spiro atoms. The topological polar surface area (TPSA) is 0 Å². The molecule has 0 aliphatic carbocycles. The van der Waals surface area contributed by atoms with Crippen LogP contribution in [-0.4, -0.2) is 0 Å². The molecule has 73 valence electrons. The summed E-state index contributed by atoms with van der Waals surface area (Å²) in [5, 5.41) is 0. The van der Waals surface area contributed by atoms with Crippen molar-refractivity contribution in [1.29, 1.82) is 0 Å². The van der Waals surface area contributed by atoms with Gasteiger partial charge < -0.3 is 0 Å². The molecule has 3 unspecified atom stereocenters. The van der Waals surface area contributed by atoms with Crippen LogP contribution in [0.15, 0.2) is 0 Å². The van der Waals surface area contributed by atoms with Gasteiger partial charge in [0.1, 0.15) is 0 Å². The summed E-state index contributed by atoms with van der Waals surface area (Å²) in [4.78, 5) is 0. The monoisotopic (exact) mass is 169 g/mol. The minimum Gasteiger partial charge on any atom is -0.0651 e. The molecule has 0 amide bonds.